The maximum absolute atomic E-state index is 12.6. The van der Waals surface area contributed by atoms with Crippen LogP contribution in [0.1, 0.15) is 36.4 Å². The zero-order valence-electron chi connectivity index (χ0n) is 15.6. The first-order valence-electron chi connectivity index (χ1n) is 9.60. The van der Waals surface area contributed by atoms with Crippen molar-refractivity contribution in [1.82, 2.24) is 4.90 Å². The van der Waals surface area contributed by atoms with Crippen LogP contribution < -0.4 is 10.2 Å². The summed E-state index contributed by atoms with van der Waals surface area (Å²) in [7, 11) is 2.01. The summed E-state index contributed by atoms with van der Waals surface area (Å²) in [5, 5.41) is 2.98. The molecule has 5 heteroatoms. The summed E-state index contributed by atoms with van der Waals surface area (Å²) in [5.74, 6) is 0.116. The van der Waals surface area contributed by atoms with Crippen molar-refractivity contribution in [3.8, 4) is 0 Å². The van der Waals surface area contributed by atoms with Crippen LogP contribution in [-0.4, -0.2) is 36.9 Å². The molecule has 0 aromatic heterocycles. The molecule has 0 spiro atoms. The van der Waals surface area contributed by atoms with Gasteiger partial charge in [-0.1, -0.05) is 30.3 Å². The summed E-state index contributed by atoms with van der Waals surface area (Å²) in [5.41, 5.74) is 4.31. The average Bonchev–Trinajstić information content (AvgIpc) is 3.28. The molecular weight excluding hydrogens is 338 g/mol. The molecule has 1 N–H and O–H groups in total. The number of carbonyl (C=O) groups is 2. The van der Waals surface area contributed by atoms with Crippen LogP contribution in [0.15, 0.2) is 48.5 Å². The predicted molar refractivity (Wildman–Crippen MR) is 107 cm³/mol. The predicted octanol–water partition coefficient (Wildman–Crippen LogP) is 3.37. The topological polar surface area (TPSA) is 52.7 Å². The highest BCUT2D eigenvalue weighted by molar-refractivity contribution is 5.97. The van der Waals surface area contributed by atoms with Crippen LogP contribution in [0.5, 0.6) is 0 Å². The molecule has 27 heavy (non-hydrogen) atoms. The fourth-order valence-electron chi connectivity index (χ4n) is 4.20. The van der Waals surface area contributed by atoms with E-state index in [9.17, 15) is 9.59 Å². The third kappa shape index (κ3) is 3.74. The van der Waals surface area contributed by atoms with E-state index in [1.54, 1.807) is 4.90 Å². The summed E-state index contributed by atoms with van der Waals surface area (Å²) in [6.07, 6.45) is 3.61. The molecule has 140 valence electrons. The first-order chi connectivity index (χ1) is 13.1. The van der Waals surface area contributed by atoms with Crippen LogP contribution in [-0.2, 0) is 16.0 Å². The highest BCUT2D eigenvalue weighted by atomic mass is 16.2. The quantitative estimate of drug-likeness (QED) is 0.886. The number of rotatable bonds is 5. The summed E-state index contributed by atoms with van der Waals surface area (Å²) >= 11 is 0. The van der Waals surface area contributed by atoms with E-state index in [1.807, 2.05) is 31.3 Å². The summed E-state index contributed by atoms with van der Waals surface area (Å²) < 4.78 is 0. The van der Waals surface area contributed by atoms with Crippen molar-refractivity contribution < 1.29 is 9.59 Å². The SMILES string of the molecule is CN(CC(=O)Nc1cccc(N2CCCC2=O)c1)[C@@H]1CCc2ccccc21. The van der Waals surface area contributed by atoms with Gasteiger partial charge in [-0.2, -0.15) is 0 Å². The van der Waals surface area contributed by atoms with Crippen LogP contribution in [0.2, 0.25) is 0 Å². The van der Waals surface area contributed by atoms with Crippen LogP contribution in [0, 0.1) is 0 Å². The van der Waals surface area contributed by atoms with Gasteiger partial charge in [-0.05, 0) is 55.6 Å². The number of benzene rings is 2. The lowest BCUT2D eigenvalue weighted by atomic mass is 10.1. The van der Waals surface area contributed by atoms with Crippen LogP contribution in [0.4, 0.5) is 11.4 Å². The number of amides is 2. The van der Waals surface area contributed by atoms with Crippen molar-refractivity contribution in [3.05, 3.63) is 59.7 Å². The number of fused-ring (bicyclic) bond motifs is 1. The lowest BCUT2D eigenvalue weighted by Gasteiger charge is -2.24. The molecule has 2 aromatic carbocycles. The van der Waals surface area contributed by atoms with Gasteiger partial charge in [0.1, 0.15) is 0 Å². The molecule has 1 saturated heterocycles. The number of likely N-dealkylation sites (N-methyl/N-ethyl adjacent to an activating group) is 1. The van der Waals surface area contributed by atoms with E-state index >= 15 is 0 Å². The highest BCUT2D eigenvalue weighted by Gasteiger charge is 2.26. The standard InChI is InChI=1S/C22H25N3O2/c1-24(20-12-11-16-6-2-3-9-19(16)20)15-21(26)23-17-7-4-8-18(14-17)25-13-5-10-22(25)27/h2-4,6-9,14,20H,5,10-13,15H2,1H3,(H,23,26)/t20-/m1/s1. The minimum absolute atomic E-state index is 0.0354. The van der Waals surface area contributed by atoms with Gasteiger partial charge in [0.25, 0.3) is 0 Å². The third-order valence-corrected chi connectivity index (χ3v) is 5.54. The molecule has 1 heterocycles. The monoisotopic (exact) mass is 363 g/mol. The van der Waals surface area contributed by atoms with E-state index in [1.165, 1.54) is 11.1 Å². The largest absolute Gasteiger partial charge is 0.325 e. The van der Waals surface area contributed by atoms with Crippen molar-refractivity contribution in [3.63, 3.8) is 0 Å². The van der Waals surface area contributed by atoms with Crippen LogP contribution >= 0.6 is 0 Å². The smallest absolute Gasteiger partial charge is 0.238 e. The Bertz CT molecular complexity index is 864. The molecule has 0 radical (unpaired) electrons. The Morgan fingerprint density at radius 2 is 2.04 bits per heavy atom. The molecule has 4 rings (SSSR count). The molecule has 0 unspecified atom stereocenters. The number of hydrogen-bond acceptors (Lipinski definition) is 3. The number of nitrogens with zero attached hydrogens (tertiary/aromatic N) is 2. The Balaban J connectivity index is 1.39. The second-order valence-electron chi connectivity index (χ2n) is 7.42. The average molecular weight is 363 g/mol. The number of anilines is 2. The maximum atomic E-state index is 12.6. The van der Waals surface area contributed by atoms with Crippen LogP contribution in [0.3, 0.4) is 0 Å². The van der Waals surface area contributed by atoms with Gasteiger partial charge < -0.3 is 10.2 Å². The first kappa shape index (κ1) is 17.7. The van der Waals surface area contributed by atoms with Gasteiger partial charge in [-0.15, -0.1) is 0 Å². The molecule has 0 bridgehead atoms. The number of nitrogens with one attached hydrogen (secondary N) is 1. The number of aryl methyl sites for hydroxylation is 1. The molecular formula is C22H25N3O2. The molecule has 5 nitrogen and oxygen atoms in total. The van der Waals surface area contributed by atoms with Gasteiger partial charge >= 0.3 is 0 Å². The molecule has 1 fully saturated rings. The lowest BCUT2D eigenvalue weighted by Crippen LogP contribution is -2.32. The van der Waals surface area contributed by atoms with E-state index in [2.05, 4.69) is 34.5 Å². The van der Waals surface area contributed by atoms with Crippen molar-refractivity contribution in [2.45, 2.75) is 31.7 Å². The van der Waals surface area contributed by atoms with Crippen molar-refractivity contribution in [1.29, 1.82) is 0 Å². The number of hydrogen-bond donors (Lipinski definition) is 1. The van der Waals surface area contributed by atoms with Crippen molar-refractivity contribution in [2.24, 2.45) is 0 Å². The van der Waals surface area contributed by atoms with Gasteiger partial charge in [0.15, 0.2) is 0 Å². The van der Waals surface area contributed by atoms with E-state index < -0.39 is 0 Å². The Kier molecular flexibility index (Phi) is 4.94. The molecule has 2 aliphatic rings. The molecule has 2 amide bonds. The molecule has 1 aliphatic carbocycles. The minimum atomic E-state index is -0.0354. The minimum Gasteiger partial charge on any atom is -0.325 e. The van der Waals surface area contributed by atoms with Gasteiger partial charge in [-0.3, -0.25) is 14.5 Å². The lowest BCUT2D eigenvalue weighted by molar-refractivity contribution is -0.118. The van der Waals surface area contributed by atoms with Gasteiger partial charge in [0.05, 0.1) is 6.54 Å². The second-order valence-corrected chi connectivity index (χ2v) is 7.42. The van der Waals surface area contributed by atoms with E-state index in [0.29, 0.717) is 19.0 Å². The number of carbonyl (C=O) groups excluding carboxylic acids is 2. The van der Waals surface area contributed by atoms with Gasteiger partial charge in [0, 0.05) is 30.4 Å². The second kappa shape index (κ2) is 7.53. The zero-order valence-corrected chi connectivity index (χ0v) is 15.6. The normalized spacial score (nSPS) is 18.8. The molecule has 0 saturated carbocycles. The summed E-state index contributed by atoms with van der Waals surface area (Å²) in [6.45, 7) is 1.09. The summed E-state index contributed by atoms with van der Waals surface area (Å²) in [6, 6.07) is 16.3. The van der Waals surface area contributed by atoms with Crippen molar-refractivity contribution in [2.75, 3.05) is 30.4 Å². The van der Waals surface area contributed by atoms with E-state index in [-0.39, 0.29) is 11.8 Å². The molecule has 1 aliphatic heterocycles. The molecule has 2 aromatic rings. The van der Waals surface area contributed by atoms with Gasteiger partial charge in [-0.25, -0.2) is 0 Å². The zero-order chi connectivity index (χ0) is 18.8. The van der Waals surface area contributed by atoms with Crippen LogP contribution in [0.25, 0.3) is 0 Å². The molecule has 1 atom stereocenters. The van der Waals surface area contributed by atoms with E-state index in [4.69, 9.17) is 0 Å². The Morgan fingerprint density at radius 3 is 2.85 bits per heavy atom. The summed E-state index contributed by atoms with van der Waals surface area (Å²) in [4.78, 5) is 28.4. The fourth-order valence-corrected chi connectivity index (χ4v) is 4.20. The Morgan fingerprint density at radius 1 is 1.19 bits per heavy atom. The van der Waals surface area contributed by atoms with E-state index in [0.717, 1.165) is 37.2 Å². The third-order valence-electron chi connectivity index (χ3n) is 5.54. The van der Waals surface area contributed by atoms with Crippen molar-refractivity contribution >= 4 is 23.2 Å². The Hall–Kier alpha value is -2.66. The Labute approximate surface area is 160 Å². The first-order valence-corrected chi connectivity index (χ1v) is 9.60. The highest BCUT2D eigenvalue weighted by Crippen LogP contribution is 2.34. The fraction of sp³-hybridized carbons (Fsp3) is 0.364. The van der Waals surface area contributed by atoms with Gasteiger partial charge in [0.2, 0.25) is 11.8 Å². The maximum Gasteiger partial charge on any atom is 0.238 e.